The molecule has 1 rings (SSSR count). The van der Waals surface area contributed by atoms with E-state index in [0.29, 0.717) is 5.56 Å². The van der Waals surface area contributed by atoms with Gasteiger partial charge in [0, 0.05) is 12.1 Å². The van der Waals surface area contributed by atoms with Crippen LogP contribution in [0.25, 0.3) is 6.08 Å². The normalized spacial score (nSPS) is 10.9. The summed E-state index contributed by atoms with van der Waals surface area (Å²) in [6.07, 6.45) is 1.28. The van der Waals surface area contributed by atoms with E-state index in [1.165, 1.54) is 37.5 Å². The fourth-order valence-corrected chi connectivity index (χ4v) is 1.05. The van der Waals surface area contributed by atoms with Gasteiger partial charge in [0.1, 0.15) is 0 Å². The number of methoxy groups -OCH3 is 1. The van der Waals surface area contributed by atoms with Gasteiger partial charge >= 0.3 is 5.97 Å². The molecular weight excluding hydrogens is 214 g/mol. The average molecular weight is 223 g/mol. The molecule has 0 spiro atoms. The summed E-state index contributed by atoms with van der Waals surface area (Å²) in [5.74, 6) is -1.42. The first-order valence-electron chi connectivity index (χ1n) is 4.28. The minimum atomic E-state index is -1.19. The van der Waals surface area contributed by atoms with Crippen molar-refractivity contribution in [1.82, 2.24) is 0 Å². The number of non-ortho nitro benzene ring substituents is 1. The van der Waals surface area contributed by atoms with Gasteiger partial charge in [-0.25, -0.2) is 4.79 Å². The van der Waals surface area contributed by atoms with Gasteiger partial charge in [-0.1, -0.05) is 0 Å². The minimum absolute atomic E-state index is 0.0496. The Morgan fingerprint density at radius 2 is 2.00 bits per heavy atom. The number of ether oxygens (including phenoxy) is 1. The Balaban J connectivity index is 2.98. The molecule has 0 saturated carbocycles. The Labute approximate surface area is 90.9 Å². The molecule has 0 bridgehead atoms. The topological polar surface area (TPSA) is 89.7 Å². The van der Waals surface area contributed by atoms with Crippen molar-refractivity contribution >= 4 is 17.7 Å². The summed E-state index contributed by atoms with van der Waals surface area (Å²) in [5, 5.41) is 19.0. The zero-order valence-corrected chi connectivity index (χ0v) is 8.41. The zero-order chi connectivity index (χ0) is 12.1. The van der Waals surface area contributed by atoms with Gasteiger partial charge in [0.15, 0.2) is 0 Å². The number of nitro groups is 1. The number of nitrogens with zero attached hydrogens (tertiary/aromatic N) is 1. The van der Waals surface area contributed by atoms with E-state index >= 15 is 0 Å². The average Bonchev–Trinajstić information content (AvgIpc) is 2.26. The van der Waals surface area contributed by atoms with Crippen molar-refractivity contribution in [3.05, 3.63) is 45.7 Å². The van der Waals surface area contributed by atoms with Gasteiger partial charge in [-0.2, -0.15) is 0 Å². The molecule has 0 aliphatic rings. The standard InChI is InChI=1S/C10H9NO5/c1-16-9(10(12)13)6-7-2-4-8(5-3-7)11(14)15/h2-6H,1H3,(H,12,13)/b9-6-. The first-order chi connectivity index (χ1) is 7.54. The Bertz CT molecular complexity index is 435. The van der Waals surface area contributed by atoms with Gasteiger partial charge in [-0.05, 0) is 23.8 Å². The van der Waals surface area contributed by atoms with E-state index in [-0.39, 0.29) is 11.4 Å². The molecular formula is C10H9NO5. The number of aliphatic carboxylic acids is 1. The van der Waals surface area contributed by atoms with Crippen LogP contribution in [0.1, 0.15) is 5.56 Å². The lowest BCUT2D eigenvalue weighted by Crippen LogP contribution is -2.01. The van der Waals surface area contributed by atoms with Gasteiger partial charge in [-0.15, -0.1) is 0 Å². The molecule has 1 N–H and O–H groups in total. The van der Waals surface area contributed by atoms with Gasteiger partial charge in [0.05, 0.1) is 12.0 Å². The highest BCUT2D eigenvalue weighted by molar-refractivity contribution is 5.89. The molecule has 0 saturated heterocycles. The second-order valence-electron chi connectivity index (χ2n) is 2.87. The van der Waals surface area contributed by atoms with Crippen LogP contribution in [-0.4, -0.2) is 23.1 Å². The molecule has 0 heterocycles. The van der Waals surface area contributed by atoms with E-state index < -0.39 is 10.9 Å². The molecule has 1 aromatic carbocycles. The van der Waals surface area contributed by atoms with Crippen molar-refractivity contribution in [3.63, 3.8) is 0 Å². The third-order valence-corrected chi connectivity index (χ3v) is 1.83. The van der Waals surface area contributed by atoms with E-state index in [1.54, 1.807) is 0 Å². The highest BCUT2D eigenvalue weighted by Gasteiger charge is 2.08. The Morgan fingerprint density at radius 1 is 1.44 bits per heavy atom. The first kappa shape index (κ1) is 11.7. The summed E-state index contributed by atoms with van der Waals surface area (Å²) in [4.78, 5) is 20.5. The monoisotopic (exact) mass is 223 g/mol. The minimum Gasteiger partial charge on any atom is -0.490 e. The maximum absolute atomic E-state index is 10.6. The summed E-state index contributed by atoms with van der Waals surface area (Å²) in [6, 6.07) is 5.47. The first-order valence-corrected chi connectivity index (χ1v) is 4.28. The van der Waals surface area contributed by atoms with E-state index in [9.17, 15) is 14.9 Å². The SMILES string of the molecule is CO/C(=C\c1ccc([N+](=O)[O-])cc1)C(=O)O. The van der Waals surface area contributed by atoms with Crippen LogP contribution in [-0.2, 0) is 9.53 Å². The second-order valence-corrected chi connectivity index (χ2v) is 2.87. The number of hydrogen-bond donors (Lipinski definition) is 1. The van der Waals surface area contributed by atoms with Crippen molar-refractivity contribution in [1.29, 1.82) is 0 Å². The van der Waals surface area contributed by atoms with Crippen LogP contribution in [0.15, 0.2) is 30.0 Å². The van der Waals surface area contributed by atoms with Crippen molar-refractivity contribution < 1.29 is 19.6 Å². The van der Waals surface area contributed by atoms with Crippen molar-refractivity contribution in [2.75, 3.05) is 7.11 Å². The van der Waals surface area contributed by atoms with Crippen LogP contribution >= 0.6 is 0 Å². The van der Waals surface area contributed by atoms with Gasteiger partial charge in [-0.3, -0.25) is 10.1 Å². The summed E-state index contributed by atoms with van der Waals surface area (Å²) in [7, 11) is 1.24. The number of benzene rings is 1. The number of hydrogen-bond acceptors (Lipinski definition) is 4. The maximum Gasteiger partial charge on any atom is 0.371 e. The molecule has 0 aliphatic heterocycles. The van der Waals surface area contributed by atoms with Crippen LogP contribution in [0, 0.1) is 10.1 Å². The van der Waals surface area contributed by atoms with Crippen molar-refractivity contribution in [3.8, 4) is 0 Å². The predicted octanol–water partition coefficient (Wildman–Crippen LogP) is 1.67. The van der Waals surface area contributed by atoms with Gasteiger partial charge in [0.2, 0.25) is 5.76 Å². The number of carbonyl (C=O) groups is 1. The fourth-order valence-electron chi connectivity index (χ4n) is 1.05. The summed E-state index contributed by atoms with van der Waals surface area (Å²) in [6.45, 7) is 0. The van der Waals surface area contributed by atoms with Gasteiger partial charge in [0.25, 0.3) is 5.69 Å². The summed E-state index contributed by atoms with van der Waals surface area (Å²) >= 11 is 0. The molecule has 1 aromatic rings. The van der Waals surface area contributed by atoms with Crippen LogP contribution < -0.4 is 0 Å². The lowest BCUT2D eigenvalue weighted by molar-refractivity contribution is -0.384. The molecule has 6 nitrogen and oxygen atoms in total. The Morgan fingerprint density at radius 3 is 2.38 bits per heavy atom. The molecule has 0 aliphatic carbocycles. The van der Waals surface area contributed by atoms with E-state index in [1.807, 2.05) is 0 Å². The molecule has 16 heavy (non-hydrogen) atoms. The third-order valence-electron chi connectivity index (χ3n) is 1.83. The van der Waals surface area contributed by atoms with E-state index in [0.717, 1.165) is 0 Å². The van der Waals surface area contributed by atoms with Crippen molar-refractivity contribution in [2.24, 2.45) is 0 Å². The van der Waals surface area contributed by atoms with Gasteiger partial charge < -0.3 is 9.84 Å². The summed E-state index contributed by atoms with van der Waals surface area (Å²) < 4.78 is 4.62. The molecule has 0 aromatic heterocycles. The third kappa shape index (κ3) is 2.81. The van der Waals surface area contributed by atoms with E-state index in [4.69, 9.17) is 5.11 Å². The van der Waals surface area contributed by atoms with E-state index in [2.05, 4.69) is 4.74 Å². The quantitative estimate of drug-likeness (QED) is 0.363. The zero-order valence-electron chi connectivity index (χ0n) is 8.41. The smallest absolute Gasteiger partial charge is 0.371 e. The molecule has 6 heteroatoms. The fraction of sp³-hybridized carbons (Fsp3) is 0.100. The molecule has 0 amide bonds. The number of carboxylic acids is 1. The Hall–Kier alpha value is -2.37. The molecule has 0 fully saturated rings. The van der Waals surface area contributed by atoms with Crippen molar-refractivity contribution in [2.45, 2.75) is 0 Å². The maximum atomic E-state index is 10.6. The molecule has 0 radical (unpaired) electrons. The molecule has 0 atom stereocenters. The van der Waals surface area contributed by atoms with Crippen LogP contribution in [0.5, 0.6) is 0 Å². The second kappa shape index (κ2) is 4.92. The molecule has 84 valence electrons. The number of nitro benzene ring substituents is 1. The predicted molar refractivity (Wildman–Crippen MR) is 55.7 cm³/mol. The van der Waals surface area contributed by atoms with Crippen LogP contribution in [0.4, 0.5) is 5.69 Å². The van der Waals surface area contributed by atoms with Crippen LogP contribution in [0.3, 0.4) is 0 Å². The van der Waals surface area contributed by atoms with Crippen LogP contribution in [0.2, 0.25) is 0 Å². The number of rotatable bonds is 4. The lowest BCUT2D eigenvalue weighted by Gasteiger charge is -1.99. The Kier molecular flexibility index (Phi) is 3.60. The largest absolute Gasteiger partial charge is 0.490 e. The molecule has 0 unspecified atom stereocenters. The number of carboxylic acid groups (broad SMARTS) is 1. The lowest BCUT2D eigenvalue weighted by atomic mass is 10.2. The highest BCUT2D eigenvalue weighted by Crippen LogP contribution is 2.14. The summed E-state index contributed by atoms with van der Waals surface area (Å²) in [5.41, 5.74) is 0.469. The highest BCUT2D eigenvalue weighted by atomic mass is 16.6.